The molecule has 1 saturated carbocycles. The molecule has 1 aromatic rings. The molecule has 4 N–H and O–H groups in total. The number of aliphatic hydroxyl groups is 1. The molecule has 9 heteroatoms. The summed E-state index contributed by atoms with van der Waals surface area (Å²) in [5, 5.41) is 16.5. The van der Waals surface area contributed by atoms with E-state index in [9.17, 15) is 24.2 Å². The van der Waals surface area contributed by atoms with Crippen LogP contribution in [-0.4, -0.2) is 51.8 Å². The van der Waals surface area contributed by atoms with E-state index < -0.39 is 26.5 Å². The number of hydrogen-bond donors (Lipinski definition) is 4. The Morgan fingerprint density at radius 3 is 2.35 bits per heavy atom. The van der Waals surface area contributed by atoms with E-state index in [1.165, 1.54) is 13.5 Å². The van der Waals surface area contributed by atoms with Gasteiger partial charge >= 0.3 is 8.18 Å². The van der Waals surface area contributed by atoms with Crippen LogP contribution in [0.15, 0.2) is 30.3 Å². The van der Waals surface area contributed by atoms with Crippen LogP contribution in [0.25, 0.3) is 0 Å². The molecule has 2 unspecified atom stereocenters. The summed E-state index contributed by atoms with van der Waals surface area (Å²) >= 11 is 0. The first-order valence-corrected chi connectivity index (χ1v) is 13.5. The fraction of sp³-hybridized carbons (Fsp3) is 0.680. The van der Waals surface area contributed by atoms with Gasteiger partial charge in [0.1, 0.15) is 6.04 Å². The van der Waals surface area contributed by atoms with Gasteiger partial charge in [-0.05, 0) is 45.9 Å². The molecular weight excluding hydrogens is 453 g/mol. The predicted molar refractivity (Wildman–Crippen MR) is 133 cm³/mol. The predicted octanol–water partition coefficient (Wildman–Crippen LogP) is 3.51. The number of rotatable bonds is 13. The lowest BCUT2D eigenvalue weighted by molar-refractivity contribution is -0.131. The Morgan fingerprint density at radius 1 is 1.12 bits per heavy atom. The highest BCUT2D eigenvalue weighted by atomic mass is 31.1. The average Bonchev–Trinajstić information content (AvgIpc) is 2.81. The lowest BCUT2D eigenvalue weighted by atomic mass is 9.84. The molecular formula is C25H41N3O5P+. The van der Waals surface area contributed by atoms with Gasteiger partial charge in [0.2, 0.25) is 11.8 Å². The van der Waals surface area contributed by atoms with Crippen molar-refractivity contribution >= 4 is 20.0 Å². The number of benzene rings is 1. The third kappa shape index (κ3) is 9.79. The van der Waals surface area contributed by atoms with Gasteiger partial charge in [0.25, 0.3) is 0 Å². The van der Waals surface area contributed by atoms with E-state index in [2.05, 4.69) is 10.6 Å². The number of carbonyl (C=O) groups is 2. The van der Waals surface area contributed by atoms with Gasteiger partial charge in [-0.15, -0.1) is 4.89 Å². The maximum atomic E-state index is 13.2. The molecule has 0 heterocycles. The maximum Gasteiger partial charge on any atom is 0.615 e. The molecule has 8 nitrogen and oxygen atoms in total. The Morgan fingerprint density at radius 2 is 1.76 bits per heavy atom. The molecule has 34 heavy (non-hydrogen) atoms. The maximum absolute atomic E-state index is 13.2. The van der Waals surface area contributed by atoms with E-state index in [0.29, 0.717) is 25.2 Å². The zero-order chi connectivity index (χ0) is 25.1. The largest absolute Gasteiger partial charge is 0.615 e. The molecule has 1 aromatic carbocycles. The normalized spacial score (nSPS) is 17.8. The molecule has 0 spiro atoms. The number of aliphatic hydroxyl groups excluding tert-OH is 1. The molecule has 1 aliphatic rings. The van der Waals surface area contributed by atoms with Crippen LogP contribution in [0.4, 0.5) is 0 Å². The Hall–Kier alpha value is -1.86. The number of nitrogens with one attached hydrogen (secondary N) is 2. The van der Waals surface area contributed by atoms with Crippen molar-refractivity contribution in [2.45, 2.75) is 89.9 Å². The minimum absolute atomic E-state index is 0.168. The van der Waals surface area contributed by atoms with Crippen molar-refractivity contribution in [2.75, 3.05) is 7.05 Å². The second kappa shape index (κ2) is 14.5. The first-order valence-electron chi connectivity index (χ1n) is 12.4. The Labute approximate surface area is 204 Å². The molecule has 190 valence electrons. The summed E-state index contributed by atoms with van der Waals surface area (Å²) < 4.78 is 12.6. The third-order valence-electron chi connectivity index (χ3n) is 6.49. The number of hydrogen-bond acceptors (Lipinski definition) is 4. The monoisotopic (exact) mass is 494 g/mol. The summed E-state index contributed by atoms with van der Waals surface area (Å²) in [6.45, 7) is 3.96. The minimum atomic E-state index is -2.74. The van der Waals surface area contributed by atoms with Gasteiger partial charge in [-0.3, -0.25) is 9.59 Å². The quantitative estimate of drug-likeness (QED) is 0.246. The van der Waals surface area contributed by atoms with Crippen molar-refractivity contribution in [3.05, 3.63) is 35.9 Å². The van der Waals surface area contributed by atoms with Gasteiger partial charge in [0.15, 0.2) is 6.23 Å². The van der Waals surface area contributed by atoms with E-state index >= 15 is 0 Å². The zero-order valence-corrected chi connectivity index (χ0v) is 21.5. The van der Waals surface area contributed by atoms with Crippen LogP contribution in [-0.2, 0) is 20.6 Å². The number of aryl methyl sites for hydroxylation is 1. The van der Waals surface area contributed by atoms with E-state index in [-0.39, 0.29) is 24.2 Å². The van der Waals surface area contributed by atoms with Crippen molar-refractivity contribution in [3.8, 4) is 0 Å². The van der Waals surface area contributed by atoms with Crippen LogP contribution in [0, 0.1) is 11.8 Å². The van der Waals surface area contributed by atoms with E-state index in [1.807, 2.05) is 44.2 Å². The van der Waals surface area contributed by atoms with Gasteiger partial charge in [-0.2, -0.15) is 0 Å². The molecule has 2 rings (SSSR count). The molecule has 4 atom stereocenters. The smallest absolute Gasteiger partial charge is 0.372 e. The van der Waals surface area contributed by atoms with Crippen LogP contribution in [0.1, 0.15) is 70.8 Å². The van der Waals surface area contributed by atoms with Gasteiger partial charge < -0.3 is 15.7 Å². The summed E-state index contributed by atoms with van der Waals surface area (Å²) in [4.78, 5) is 35.4. The first kappa shape index (κ1) is 28.4. The summed E-state index contributed by atoms with van der Waals surface area (Å²) in [6, 6.07) is 8.26. The Balaban J connectivity index is 2.06. The van der Waals surface area contributed by atoms with Crippen LogP contribution in [0.2, 0.25) is 0 Å². The van der Waals surface area contributed by atoms with Crippen LogP contribution in [0.3, 0.4) is 0 Å². The molecule has 0 radical (unpaired) electrons. The molecule has 0 aromatic heterocycles. The number of likely N-dealkylation sites (N-methyl/N-ethyl adjacent to an activating group) is 1. The van der Waals surface area contributed by atoms with E-state index in [4.69, 9.17) is 0 Å². The highest BCUT2D eigenvalue weighted by Gasteiger charge is 2.38. The number of amides is 2. The Kier molecular flexibility index (Phi) is 12.1. The summed E-state index contributed by atoms with van der Waals surface area (Å²) in [5.74, 6) is -0.0723. The fourth-order valence-corrected chi connectivity index (χ4v) is 4.92. The fourth-order valence-electron chi connectivity index (χ4n) is 4.55. The third-order valence-corrected chi connectivity index (χ3v) is 7.27. The lowest BCUT2D eigenvalue weighted by Crippen LogP contribution is -2.55. The SMILES string of the molecule is CC(C)C[C@H](NC(=O)CCc1ccccc1)C(=O)N[C@@H](CC1CCCCC1)C(O)N(C)[P+](=O)O. The van der Waals surface area contributed by atoms with Crippen LogP contribution >= 0.6 is 8.18 Å². The molecule has 0 saturated heterocycles. The van der Waals surface area contributed by atoms with E-state index in [0.717, 1.165) is 35.9 Å². The van der Waals surface area contributed by atoms with Crippen molar-refractivity contribution in [1.82, 2.24) is 15.3 Å². The molecule has 1 fully saturated rings. The molecule has 1 aliphatic carbocycles. The zero-order valence-electron chi connectivity index (χ0n) is 20.7. The second-order valence-corrected chi connectivity index (χ2v) is 11.0. The van der Waals surface area contributed by atoms with Crippen molar-refractivity contribution in [2.24, 2.45) is 11.8 Å². The van der Waals surface area contributed by atoms with Crippen molar-refractivity contribution in [3.63, 3.8) is 0 Å². The van der Waals surface area contributed by atoms with Gasteiger partial charge in [0, 0.05) is 13.5 Å². The lowest BCUT2D eigenvalue weighted by Gasteiger charge is -2.31. The van der Waals surface area contributed by atoms with E-state index in [1.54, 1.807) is 0 Å². The molecule has 0 bridgehead atoms. The van der Waals surface area contributed by atoms with Crippen molar-refractivity contribution in [1.29, 1.82) is 0 Å². The number of nitrogens with zero attached hydrogens (tertiary/aromatic N) is 1. The summed E-state index contributed by atoms with van der Waals surface area (Å²) in [7, 11) is -1.38. The van der Waals surface area contributed by atoms with Crippen LogP contribution in [0.5, 0.6) is 0 Å². The highest BCUT2D eigenvalue weighted by Crippen LogP contribution is 2.30. The average molecular weight is 495 g/mol. The standard InChI is InChI=1S/C25H40N3O5P/c1-18(2)16-21(26-23(29)15-14-19-10-6-4-7-11-19)24(30)27-22(25(31)28(3)34(32)33)17-20-12-8-5-9-13-20/h4,6-7,10-11,18,20-22,25,31H,5,8-9,12-17H2,1-3H3,(H2-,26,27,29,30,32,33)/p+1/t21-,22-,25?/m0/s1. The minimum Gasteiger partial charge on any atom is -0.372 e. The second-order valence-electron chi connectivity index (χ2n) is 9.83. The summed E-state index contributed by atoms with van der Waals surface area (Å²) in [6.07, 6.45) is 5.97. The van der Waals surface area contributed by atoms with Gasteiger partial charge in [-0.25, -0.2) is 0 Å². The first-order chi connectivity index (χ1) is 16.2. The van der Waals surface area contributed by atoms with Gasteiger partial charge in [-0.1, -0.05) is 76.3 Å². The summed E-state index contributed by atoms with van der Waals surface area (Å²) in [5.41, 5.74) is 1.05. The molecule has 0 aliphatic heterocycles. The topological polar surface area (TPSA) is 119 Å². The Bertz CT molecular complexity index is 786. The highest BCUT2D eigenvalue weighted by molar-refractivity contribution is 7.35. The van der Waals surface area contributed by atoms with Crippen LogP contribution < -0.4 is 10.6 Å². The van der Waals surface area contributed by atoms with Gasteiger partial charge in [0.05, 0.1) is 6.04 Å². The molecule has 2 amide bonds. The number of carbonyl (C=O) groups excluding carboxylic acids is 2. The van der Waals surface area contributed by atoms with Crippen molar-refractivity contribution < 1.29 is 24.2 Å².